The quantitative estimate of drug-likeness (QED) is 0.781. The summed E-state index contributed by atoms with van der Waals surface area (Å²) in [5.41, 5.74) is 2.07. The number of amides is 1. The summed E-state index contributed by atoms with van der Waals surface area (Å²) in [5.74, 6) is 1.51. The summed E-state index contributed by atoms with van der Waals surface area (Å²) in [6.45, 7) is 0.235. The Morgan fingerprint density at radius 2 is 2.00 bits per heavy atom. The number of fused-ring (bicyclic) bond motifs is 1. The minimum atomic E-state index is -0.212. The van der Waals surface area contributed by atoms with Crippen LogP contribution in [-0.4, -0.2) is 22.7 Å². The van der Waals surface area contributed by atoms with Crippen molar-refractivity contribution < 1.29 is 14.3 Å². The number of carbonyl (C=O) groups is 1. The van der Waals surface area contributed by atoms with Crippen molar-refractivity contribution in [2.45, 2.75) is 0 Å². The maximum atomic E-state index is 12.5. The molecule has 0 radical (unpaired) electrons. The van der Waals surface area contributed by atoms with Crippen LogP contribution < -0.4 is 14.8 Å². The van der Waals surface area contributed by atoms with Crippen LogP contribution in [-0.2, 0) is 4.79 Å². The molecule has 3 aromatic rings. The molecule has 0 spiro atoms. The van der Waals surface area contributed by atoms with Crippen LogP contribution in [0, 0.1) is 0 Å². The van der Waals surface area contributed by atoms with Crippen LogP contribution in [0.2, 0.25) is 0 Å². The summed E-state index contributed by atoms with van der Waals surface area (Å²) < 4.78 is 11.3. The summed E-state index contributed by atoms with van der Waals surface area (Å²) >= 11 is 0. The smallest absolute Gasteiger partial charge is 0.255 e. The van der Waals surface area contributed by atoms with Crippen molar-refractivity contribution in [2.75, 3.05) is 11.9 Å². The Hall–Kier alpha value is -3.67. The van der Waals surface area contributed by atoms with Gasteiger partial charge in [-0.25, -0.2) is 0 Å². The molecule has 0 fully saturated rings. The molecule has 128 valence electrons. The van der Waals surface area contributed by atoms with E-state index in [0.29, 0.717) is 22.9 Å². The zero-order valence-corrected chi connectivity index (χ0v) is 13.8. The Bertz CT molecular complexity index is 971. The summed E-state index contributed by atoms with van der Waals surface area (Å²) in [4.78, 5) is 12.5. The molecule has 1 aliphatic rings. The Kier molecular flexibility index (Phi) is 4.30. The molecule has 1 aromatic heterocycles. The number of para-hydroxylation sites is 1. The van der Waals surface area contributed by atoms with Crippen molar-refractivity contribution in [3.05, 3.63) is 78.0 Å². The van der Waals surface area contributed by atoms with E-state index in [9.17, 15) is 4.79 Å². The summed E-state index contributed by atoms with van der Waals surface area (Å²) in [6, 6.07) is 18.1. The maximum Gasteiger partial charge on any atom is 0.255 e. The Balaban J connectivity index is 1.48. The molecule has 1 aliphatic heterocycles. The highest BCUT2D eigenvalue weighted by atomic mass is 16.5. The van der Waals surface area contributed by atoms with Gasteiger partial charge in [-0.2, -0.15) is 5.10 Å². The van der Waals surface area contributed by atoms with Gasteiger partial charge >= 0.3 is 0 Å². The predicted molar refractivity (Wildman–Crippen MR) is 97.1 cm³/mol. The Morgan fingerprint density at radius 3 is 2.88 bits per heavy atom. The van der Waals surface area contributed by atoms with Crippen molar-refractivity contribution in [3.63, 3.8) is 0 Å². The second kappa shape index (κ2) is 7.06. The van der Waals surface area contributed by atoms with E-state index in [2.05, 4.69) is 15.5 Å². The van der Waals surface area contributed by atoms with Gasteiger partial charge in [0.1, 0.15) is 18.1 Å². The van der Waals surface area contributed by atoms with Crippen LogP contribution in [0.15, 0.2) is 72.4 Å². The largest absolute Gasteiger partial charge is 0.488 e. The van der Waals surface area contributed by atoms with Crippen LogP contribution >= 0.6 is 0 Å². The van der Waals surface area contributed by atoms with Gasteiger partial charge in [0.15, 0.2) is 0 Å². The lowest BCUT2D eigenvalue weighted by Gasteiger charge is -2.17. The molecule has 0 atom stereocenters. The molecular formula is C20H15N3O3. The Labute approximate surface area is 150 Å². The normalized spacial score (nSPS) is 12.4. The van der Waals surface area contributed by atoms with Gasteiger partial charge in [-0.3, -0.25) is 4.79 Å². The van der Waals surface area contributed by atoms with Crippen LogP contribution in [0.25, 0.3) is 6.08 Å². The topological polar surface area (TPSA) is 73.3 Å². The van der Waals surface area contributed by atoms with Crippen molar-refractivity contribution in [1.29, 1.82) is 0 Å². The van der Waals surface area contributed by atoms with Crippen LogP contribution in [0.1, 0.15) is 5.56 Å². The van der Waals surface area contributed by atoms with Crippen LogP contribution in [0.4, 0.5) is 5.69 Å². The van der Waals surface area contributed by atoms with E-state index in [0.717, 1.165) is 11.3 Å². The zero-order chi connectivity index (χ0) is 17.8. The van der Waals surface area contributed by atoms with Gasteiger partial charge in [0.05, 0.1) is 5.57 Å². The SMILES string of the molecule is O=C(Nc1cccc(Oc2cccnn2)c1)C1=Cc2ccccc2OC1. The number of hydrogen-bond acceptors (Lipinski definition) is 5. The van der Waals surface area contributed by atoms with E-state index in [1.54, 1.807) is 42.6 Å². The summed E-state index contributed by atoms with van der Waals surface area (Å²) in [6.07, 6.45) is 3.41. The third-order valence-corrected chi connectivity index (χ3v) is 3.79. The van der Waals surface area contributed by atoms with Crippen molar-refractivity contribution in [3.8, 4) is 17.4 Å². The first kappa shape index (κ1) is 15.8. The number of nitrogens with zero attached hydrogens (tertiary/aromatic N) is 2. The van der Waals surface area contributed by atoms with E-state index in [4.69, 9.17) is 9.47 Å². The molecular weight excluding hydrogens is 330 g/mol. The van der Waals surface area contributed by atoms with E-state index in [1.165, 1.54) is 0 Å². The van der Waals surface area contributed by atoms with E-state index in [1.807, 2.05) is 30.3 Å². The predicted octanol–water partition coefficient (Wildman–Crippen LogP) is 3.68. The van der Waals surface area contributed by atoms with Gasteiger partial charge in [-0.15, -0.1) is 5.10 Å². The second-order valence-electron chi connectivity index (χ2n) is 5.64. The van der Waals surface area contributed by atoms with E-state index < -0.39 is 0 Å². The minimum Gasteiger partial charge on any atom is -0.488 e. The van der Waals surface area contributed by atoms with E-state index >= 15 is 0 Å². The van der Waals surface area contributed by atoms with Gasteiger partial charge < -0.3 is 14.8 Å². The number of hydrogen-bond donors (Lipinski definition) is 1. The number of nitrogens with one attached hydrogen (secondary N) is 1. The fourth-order valence-corrected chi connectivity index (χ4v) is 2.56. The second-order valence-corrected chi connectivity index (χ2v) is 5.64. The van der Waals surface area contributed by atoms with Gasteiger partial charge in [-0.05, 0) is 30.3 Å². The van der Waals surface area contributed by atoms with Crippen LogP contribution in [0.3, 0.4) is 0 Å². The molecule has 1 N–H and O–H groups in total. The third kappa shape index (κ3) is 3.54. The molecule has 26 heavy (non-hydrogen) atoms. The number of benzene rings is 2. The molecule has 0 saturated heterocycles. The number of rotatable bonds is 4. The molecule has 0 unspecified atom stereocenters. The first-order valence-corrected chi connectivity index (χ1v) is 8.07. The fraction of sp³-hybridized carbons (Fsp3) is 0.0500. The Morgan fingerprint density at radius 1 is 1.08 bits per heavy atom. The molecule has 2 heterocycles. The molecule has 6 nitrogen and oxygen atoms in total. The number of ether oxygens (including phenoxy) is 2. The maximum absolute atomic E-state index is 12.5. The minimum absolute atomic E-state index is 0.212. The highest BCUT2D eigenvalue weighted by molar-refractivity contribution is 6.07. The third-order valence-electron chi connectivity index (χ3n) is 3.79. The van der Waals surface area contributed by atoms with Crippen LogP contribution in [0.5, 0.6) is 17.4 Å². The lowest BCUT2D eigenvalue weighted by atomic mass is 10.1. The average Bonchev–Trinajstić information content (AvgIpc) is 2.68. The summed E-state index contributed by atoms with van der Waals surface area (Å²) in [5, 5.41) is 10.5. The molecule has 6 heteroatoms. The molecule has 0 aliphatic carbocycles. The van der Waals surface area contributed by atoms with Gasteiger partial charge in [0, 0.05) is 29.6 Å². The van der Waals surface area contributed by atoms with Crippen molar-refractivity contribution in [2.24, 2.45) is 0 Å². The van der Waals surface area contributed by atoms with Gasteiger partial charge in [-0.1, -0.05) is 24.3 Å². The zero-order valence-electron chi connectivity index (χ0n) is 13.8. The van der Waals surface area contributed by atoms with E-state index in [-0.39, 0.29) is 12.5 Å². The fourth-order valence-electron chi connectivity index (χ4n) is 2.56. The molecule has 1 amide bonds. The monoisotopic (exact) mass is 345 g/mol. The standard InChI is InChI=1S/C20H15N3O3/c24-20(15-11-14-5-1-2-8-18(14)25-13-15)22-16-6-3-7-17(12-16)26-19-9-4-10-21-23-19/h1-12H,13H2,(H,22,24). The molecule has 4 rings (SSSR count). The molecule has 0 bridgehead atoms. The first-order valence-electron chi connectivity index (χ1n) is 8.07. The van der Waals surface area contributed by atoms with Gasteiger partial charge in [0.2, 0.25) is 5.88 Å². The highest BCUT2D eigenvalue weighted by Crippen LogP contribution is 2.27. The van der Waals surface area contributed by atoms with Gasteiger partial charge in [0.25, 0.3) is 5.91 Å². The number of carbonyl (C=O) groups excluding carboxylic acids is 1. The highest BCUT2D eigenvalue weighted by Gasteiger charge is 2.17. The lowest BCUT2D eigenvalue weighted by Crippen LogP contribution is -2.21. The van der Waals surface area contributed by atoms with Crippen molar-refractivity contribution in [1.82, 2.24) is 10.2 Å². The molecule has 2 aromatic carbocycles. The first-order chi connectivity index (χ1) is 12.8. The lowest BCUT2D eigenvalue weighted by molar-refractivity contribution is -0.113. The average molecular weight is 345 g/mol. The molecule has 0 saturated carbocycles. The van der Waals surface area contributed by atoms with Crippen molar-refractivity contribution >= 4 is 17.7 Å². The number of aromatic nitrogens is 2. The summed E-state index contributed by atoms with van der Waals surface area (Å²) in [7, 11) is 0. The number of anilines is 1.